The van der Waals surface area contributed by atoms with Crippen LogP contribution in [0.25, 0.3) is 0 Å². The Morgan fingerprint density at radius 3 is 2.53 bits per heavy atom. The molecule has 0 bridgehead atoms. The Balaban J connectivity index is 2.99. The Bertz CT molecular complexity index is 377. The van der Waals surface area contributed by atoms with Crippen LogP contribution in [0.2, 0.25) is 0 Å². The minimum absolute atomic E-state index is 0.0295. The number of nitrogens with zero attached hydrogens (tertiary/aromatic N) is 1. The molecule has 4 heteroatoms. The van der Waals surface area contributed by atoms with E-state index in [1.807, 2.05) is 45.9 Å². The number of allylic oxidation sites excluding steroid dienone is 3. The van der Waals surface area contributed by atoms with E-state index in [2.05, 4.69) is 29.5 Å². The van der Waals surface area contributed by atoms with E-state index < -0.39 is 0 Å². The van der Waals surface area contributed by atoms with Gasteiger partial charge in [-0.25, -0.2) is 5.84 Å². The van der Waals surface area contributed by atoms with Gasteiger partial charge in [-0.15, -0.1) is 0 Å². The summed E-state index contributed by atoms with van der Waals surface area (Å²) in [5, 5.41) is 1.34. The number of hydrogen-bond donors (Lipinski definition) is 1. The molecular weight excluding hydrogens is 327 g/mol. The van der Waals surface area contributed by atoms with Gasteiger partial charge in [0.2, 0.25) is 5.91 Å². The van der Waals surface area contributed by atoms with Crippen LogP contribution in [0.5, 0.6) is 0 Å². The van der Waals surface area contributed by atoms with Crippen molar-refractivity contribution in [2.75, 3.05) is 0 Å². The highest BCUT2D eigenvalue weighted by molar-refractivity contribution is 14.1. The maximum atomic E-state index is 12.4. The minimum atomic E-state index is -0.354. The van der Waals surface area contributed by atoms with Crippen molar-refractivity contribution in [3.05, 3.63) is 23.8 Å². The standard InChI is InChI=1S/C13H21IN2O/c1-9-7-6-8-10(13(9,5)14)11(17)16(15)12(2,3)4/h6-8,10H,15H2,1-5H3. The van der Waals surface area contributed by atoms with Crippen LogP contribution in [0.1, 0.15) is 34.6 Å². The SMILES string of the molecule is CC1=CC=CC(C(=O)N(N)C(C)(C)C)C1(C)I. The van der Waals surface area contributed by atoms with Crippen molar-refractivity contribution < 1.29 is 4.79 Å². The summed E-state index contributed by atoms with van der Waals surface area (Å²) in [7, 11) is 0. The maximum Gasteiger partial charge on any atom is 0.245 e. The van der Waals surface area contributed by atoms with Gasteiger partial charge in [-0.2, -0.15) is 0 Å². The number of halogens is 1. The fourth-order valence-electron chi connectivity index (χ4n) is 1.69. The number of hydrazine groups is 1. The Morgan fingerprint density at radius 2 is 2.06 bits per heavy atom. The normalized spacial score (nSPS) is 28.9. The molecular formula is C13H21IN2O. The summed E-state index contributed by atoms with van der Waals surface area (Å²) < 4.78 is -0.202. The first-order valence-corrected chi connectivity index (χ1v) is 6.79. The summed E-state index contributed by atoms with van der Waals surface area (Å²) in [6, 6.07) is 0. The third-order valence-electron chi connectivity index (χ3n) is 3.23. The van der Waals surface area contributed by atoms with Gasteiger partial charge in [0, 0.05) is 0 Å². The van der Waals surface area contributed by atoms with E-state index in [0.717, 1.165) is 0 Å². The molecule has 96 valence electrons. The maximum absolute atomic E-state index is 12.4. The zero-order valence-corrected chi connectivity index (χ0v) is 13.3. The number of carbonyl (C=O) groups excluding carboxylic acids is 1. The molecule has 0 saturated carbocycles. The molecule has 0 aromatic carbocycles. The van der Waals surface area contributed by atoms with Crippen LogP contribution >= 0.6 is 22.6 Å². The highest BCUT2D eigenvalue weighted by Crippen LogP contribution is 2.40. The lowest BCUT2D eigenvalue weighted by Gasteiger charge is -2.39. The molecule has 1 rings (SSSR count). The molecule has 0 radical (unpaired) electrons. The first-order valence-electron chi connectivity index (χ1n) is 5.71. The number of nitrogens with two attached hydrogens (primary N) is 1. The molecule has 0 spiro atoms. The molecule has 2 atom stereocenters. The molecule has 0 heterocycles. The molecule has 3 nitrogen and oxygen atoms in total. The van der Waals surface area contributed by atoms with E-state index in [0.29, 0.717) is 0 Å². The number of amides is 1. The Kier molecular flexibility index (Phi) is 4.08. The lowest BCUT2D eigenvalue weighted by atomic mass is 9.83. The van der Waals surface area contributed by atoms with Gasteiger partial charge in [0.25, 0.3) is 0 Å². The van der Waals surface area contributed by atoms with Crippen molar-refractivity contribution in [2.24, 2.45) is 11.8 Å². The fourth-order valence-corrected chi connectivity index (χ4v) is 2.35. The zero-order chi connectivity index (χ0) is 13.4. The molecule has 1 aliphatic carbocycles. The van der Waals surface area contributed by atoms with Crippen molar-refractivity contribution in [1.29, 1.82) is 0 Å². The van der Waals surface area contributed by atoms with Crippen LogP contribution in [0.4, 0.5) is 0 Å². The van der Waals surface area contributed by atoms with E-state index in [1.165, 1.54) is 10.6 Å². The van der Waals surface area contributed by atoms with Gasteiger partial charge in [0.05, 0.1) is 14.9 Å². The average molecular weight is 348 g/mol. The number of rotatable bonds is 1. The van der Waals surface area contributed by atoms with Crippen LogP contribution in [0.15, 0.2) is 23.8 Å². The highest BCUT2D eigenvalue weighted by Gasteiger charge is 2.41. The summed E-state index contributed by atoms with van der Waals surface area (Å²) in [4.78, 5) is 12.4. The summed E-state index contributed by atoms with van der Waals surface area (Å²) in [5.41, 5.74) is 0.841. The van der Waals surface area contributed by atoms with E-state index in [4.69, 9.17) is 5.84 Å². The fraction of sp³-hybridized carbons (Fsp3) is 0.615. The third-order valence-corrected chi connectivity index (χ3v) is 4.75. The molecule has 2 N–H and O–H groups in total. The van der Waals surface area contributed by atoms with Crippen LogP contribution in [0, 0.1) is 5.92 Å². The van der Waals surface area contributed by atoms with Gasteiger partial charge in [-0.05, 0) is 34.6 Å². The van der Waals surface area contributed by atoms with Gasteiger partial charge in [-0.3, -0.25) is 9.80 Å². The highest BCUT2D eigenvalue weighted by atomic mass is 127. The molecule has 0 aromatic heterocycles. The van der Waals surface area contributed by atoms with E-state index >= 15 is 0 Å². The second-order valence-electron chi connectivity index (χ2n) is 5.67. The van der Waals surface area contributed by atoms with Gasteiger partial charge < -0.3 is 0 Å². The average Bonchev–Trinajstić information content (AvgIpc) is 2.18. The predicted octanol–water partition coefficient (Wildman–Crippen LogP) is 2.81. The quantitative estimate of drug-likeness (QED) is 0.260. The van der Waals surface area contributed by atoms with Crippen molar-refractivity contribution in [3.63, 3.8) is 0 Å². The monoisotopic (exact) mass is 348 g/mol. The van der Waals surface area contributed by atoms with E-state index in [-0.39, 0.29) is 20.8 Å². The number of hydrogen-bond acceptors (Lipinski definition) is 2. The molecule has 1 amide bonds. The first kappa shape index (κ1) is 14.7. The van der Waals surface area contributed by atoms with Gasteiger partial charge >= 0.3 is 0 Å². The largest absolute Gasteiger partial charge is 0.275 e. The van der Waals surface area contributed by atoms with Crippen LogP contribution < -0.4 is 5.84 Å². The summed E-state index contributed by atoms with van der Waals surface area (Å²) >= 11 is 2.33. The Morgan fingerprint density at radius 1 is 1.53 bits per heavy atom. The lowest BCUT2D eigenvalue weighted by Crippen LogP contribution is -2.55. The van der Waals surface area contributed by atoms with Crippen molar-refractivity contribution in [3.8, 4) is 0 Å². The predicted molar refractivity (Wildman–Crippen MR) is 79.6 cm³/mol. The Labute approximate surface area is 117 Å². The van der Waals surface area contributed by atoms with Gasteiger partial charge in [-0.1, -0.05) is 46.4 Å². The lowest BCUT2D eigenvalue weighted by molar-refractivity contribution is -0.139. The minimum Gasteiger partial charge on any atom is -0.275 e. The van der Waals surface area contributed by atoms with Crippen LogP contribution in [-0.4, -0.2) is 19.9 Å². The smallest absolute Gasteiger partial charge is 0.245 e. The van der Waals surface area contributed by atoms with Gasteiger partial charge in [0.1, 0.15) is 0 Å². The summed E-state index contributed by atoms with van der Waals surface area (Å²) in [5.74, 6) is 5.69. The third kappa shape index (κ3) is 2.91. The van der Waals surface area contributed by atoms with Crippen LogP contribution in [0.3, 0.4) is 0 Å². The Hall–Kier alpha value is -0.360. The summed E-state index contributed by atoms with van der Waals surface area (Å²) in [6.45, 7) is 9.93. The number of carbonyl (C=O) groups is 1. The zero-order valence-electron chi connectivity index (χ0n) is 11.1. The number of alkyl halides is 1. The molecule has 0 fully saturated rings. The second kappa shape index (κ2) is 4.72. The molecule has 0 saturated heterocycles. The molecule has 0 aromatic rings. The molecule has 2 unspecified atom stereocenters. The van der Waals surface area contributed by atoms with E-state index in [9.17, 15) is 4.79 Å². The molecule has 17 heavy (non-hydrogen) atoms. The first-order chi connectivity index (χ1) is 7.58. The summed E-state index contributed by atoms with van der Waals surface area (Å²) in [6.07, 6.45) is 5.93. The van der Waals surface area contributed by atoms with Crippen molar-refractivity contribution in [2.45, 2.75) is 43.6 Å². The van der Waals surface area contributed by atoms with E-state index in [1.54, 1.807) is 0 Å². The van der Waals surface area contributed by atoms with Gasteiger partial charge in [0.15, 0.2) is 0 Å². The molecule has 0 aliphatic heterocycles. The van der Waals surface area contributed by atoms with Crippen LogP contribution in [-0.2, 0) is 4.79 Å². The topological polar surface area (TPSA) is 46.3 Å². The second-order valence-corrected chi connectivity index (χ2v) is 7.91. The van der Waals surface area contributed by atoms with Crippen molar-refractivity contribution in [1.82, 2.24) is 5.01 Å². The molecule has 1 aliphatic rings. The van der Waals surface area contributed by atoms with Crippen molar-refractivity contribution >= 4 is 28.5 Å².